The molecule has 0 radical (unpaired) electrons. The number of benzene rings is 2. The van der Waals surface area contributed by atoms with Gasteiger partial charge in [-0.05, 0) is 36.2 Å². The second-order valence-electron chi connectivity index (χ2n) is 4.41. The molecule has 0 aliphatic carbocycles. The number of amides is 1. The van der Waals surface area contributed by atoms with Crippen molar-refractivity contribution < 1.29 is 9.53 Å². The fourth-order valence-electron chi connectivity index (χ4n) is 1.75. The molecule has 0 atom stereocenters. The molecular weight excluding hydrogens is 332 g/mol. The van der Waals surface area contributed by atoms with Gasteiger partial charge in [0.15, 0.2) is 0 Å². The molecule has 1 N–H and O–H groups in total. The van der Waals surface area contributed by atoms with Gasteiger partial charge in [0.2, 0.25) is 0 Å². The van der Waals surface area contributed by atoms with Crippen LogP contribution in [0.5, 0.6) is 5.75 Å². The first-order chi connectivity index (χ1) is 10.1. The zero-order chi connectivity index (χ0) is 15.2. The number of hydrazone groups is 1. The number of carbonyl (C=O) groups is 1. The molecule has 0 saturated carbocycles. The van der Waals surface area contributed by atoms with Crippen molar-refractivity contribution in [3.8, 4) is 5.75 Å². The second kappa shape index (κ2) is 7.04. The molecule has 2 rings (SSSR count). The number of halogens is 1. The van der Waals surface area contributed by atoms with Gasteiger partial charge >= 0.3 is 0 Å². The Bertz CT molecular complexity index is 684. The van der Waals surface area contributed by atoms with Crippen molar-refractivity contribution in [1.29, 1.82) is 0 Å². The second-order valence-corrected chi connectivity index (χ2v) is 5.26. The van der Waals surface area contributed by atoms with Crippen molar-refractivity contribution in [2.24, 2.45) is 5.10 Å². The molecule has 108 valence electrons. The molecule has 0 aliphatic heterocycles. The number of ether oxygens (including phenoxy) is 1. The van der Waals surface area contributed by atoms with E-state index in [9.17, 15) is 4.79 Å². The van der Waals surface area contributed by atoms with E-state index in [1.165, 1.54) is 7.11 Å². The standard InChI is InChI=1S/C16H15BrN2O2/c1-11-7-8-12(9-14(11)17)10-18-19-16(20)13-5-3-4-6-15(13)21-2/h3-10H,1-2H3,(H,19,20)/b18-10-. The molecule has 0 heterocycles. The predicted octanol–water partition coefficient (Wildman–Crippen LogP) is 3.53. The third-order valence-corrected chi connectivity index (χ3v) is 3.78. The van der Waals surface area contributed by atoms with E-state index in [1.54, 1.807) is 24.4 Å². The first-order valence-electron chi connectivity index (χ1n) is 6.34. The number of methoxy groups -OCH3 is 1. The average Bonchev–Trinajstić information content (AvgIpc) is 2.50. The van der Waals surface area contributed by atoms with Gasteiger partial charge in [0.25, 0.3) is 5.91 Å². The first kappa shape index (κ1) is 15.3. The zero-order valence-electron chi connectivity index (χ0n) is 11.8. The topological polar surface area (TPSA) is 50.7 Å². The van der Waals surface area contributed by atoms with Gasteiger partial charge in [0.05, 0.1) is 18.9 Å². The number of nitrogens with one attached hydrogen (secondary N) is 1. The Morgan fingerprint density at radius 3 is 2.76 bits per heavy atom. The summed E-state index contributed by atoms with van der Waals surface area (Å²) in [6, 6.07) is 12.9. The van der Waals surface area contributed by atoms with Gasteiger partial charge in [-0.3, -0.25) is 4.79 Å². The lowest BCUT2D eigenvalue weighted by Gasteiger charge is -2.06. The van der Waals surface area contributed by atoms with E-state index in [1.807, 2.05) is 31.2 Å². The van der Waals surface area contributed by atoms with Gasteiger partial charge < -0.3 is 4.74 Å². The van der Waals surface area contributed by atoms with Crippen LogP contribution in [-0.4, -0.2) is 19.2 Å². The number of hydrogen-bond donors (Lipinski definition) is 1. The molecule has 0 aromatic heterocycles. The minimum Gasteiger partial charge on any atom is -0.496 e. The van der Waals surface area contributed by atoms with Crippen LogP contribution in [0, 0.1) is 6.92 Å². The van der Waals surface area contributed by atoms with Gasteiger partial charge in [-0.1, -0.05) is 40.2 Å². The third kappa shape index (κ3) is 3.92. The summed E-state index contributed by atoms with van der Waals surface area (Å²) >= 11 is 3.46. The summed E-state index contributed by atoms with van der Waals surface area (Å²) in [7, 11) is 1.53. The normalized spacial score (nSPS) is 10.6. The summed E-state index contributed by atoms with van der Waals surface area (Å²) in [6.07, 6.45) is 1.59. The number of para-hydroxylation sites is 1. The summed E-state index contributed by atoms with van der Waals surface area (Å²) in [4.78, 5) is 12.0. The molecule has 0 unspecified atom stereocenters. The van der Waals surface area contributed by atoms with Crippen molar-refractivity contribution in [3.05, 3.63) is 63.6 Å². The molecule has 21 heavy (non-hydrogen) atoms. The highest BCUT2D eigenvalue weighted by Crippen LogP contribution is 2.17. The maximum Gasteiger partial charge on any atom is 0.275 e. The molecular formula is C16H15BrN2O2. The molecule has 0 spiro atoms. The van der Waals surface area contributed by atoms with Gasteiger partial charge in [-0.25, -0.2) is 5.43 Å². The number of rotatable bonds is 4. The van der Waals surface area contributed by atoms with Crippen LogP contribution in [0.3, 0.4) is 0 Å². The molecule has 0 saturated heterocycles. The van der Waals surface area contributed by atoms with Crippen LogP contribution in [0.4, 0.5) is 0 Å². The Hall–Kier alpha value is -2.14. The lowest BCUT2D eigenvalue weighted by molar-refractivity contribution is 0.0952. The third-order valence-electron chi connectivity index (χ3n) is 2.93. The van der Waals surface area contributed by atoms with E-state index in [4.69, 9.17) is 4.74 Å². The number of carbonyl (C=O) groups excluding carboxylic acids is 1. The maximum absolute atomic E-state index is 12.0. The zero-order valence-corrected chi connectivity index (χ0v) is 13.3. The minimum atomic E-state index is -0.310. The summed E-state index contributed by atoms with van der Waals surface area (Å²) in [5.41, 5.74) is 4.98. The smallest absolute Gasteiger partial charge is 0.275 e. The highest BCUT2D eigenvalue weighted by molar-refractivity contribution is 9.10. The van der Waals surface area contributed by atoms with Crippen LogP contribution in [0.1, 0.15) is 21.5 Å². The van der Waals surface area contributed by atoms with Crippen LogP contribution in [0.2, 0.25) is 0 Å². The molecule has 2 aromatic carbocycles. The van der Waals surface area contributed by atoms with Crippen molar-refractivity contribution in [1.82, 2.24) is 5.43 Å². The van der Waals surface area contributed by atoms with Gasteiger partial charge in [0.1, 0.15) is 5.75 Å². The van der Waals surface area contributed by atoms with E-state index < -0.39 is 0 Å². The first-order valence-corrected chi connectivity index (χ1v) is 7.13. The highest BCUT2D eigenvalue weighted by Gasteiger charge is 2.09. The van der Waals surface area contributed by atoms with Gasteiger partial charge in [-0.15, -0.1) is 0 Å². The summed E-state index contributed by atoms with van der Waals surface area (Å²) in [6.45, 7) is 2.01. The fourth-order valence-corrected chi connectivity index (χ4v) is 2.14. The van der Waals surface area contributed by atoms with E-state index in [0.717, 1.165) is 15.6 Å². The van der Waals surface area contributed by atoms with E-state index >= 15 is 0 Å². The van der Waals surface area contributed by atoms with Crippen molar-refractivity contribution in [2.45, 2.75) is 6.92 Å². The Kier molecular flexibility index (Phi) is 5.11. The SMILES string of the molecule is COc1ccccc1C(=O)N/N=C\c1ccc(C)c(Br)c1. The molecule has 0 aliphatic rings. The predicted molar refractivity (Wildman–Crippen MR) is 86.9 cm³/mol. The Morgan fingerprint density at radius 2 is 2.05 bits per heavy atom. The van der Waals surface area contributed by atoms with Gasteiger partial charge in [-0.2, -0.15) is 5.10 Å². The Labute approximate surface area is 132 Å². The van der Waals surface area contributed by atoms with Crippen molar-refractivity contribution in [3.63, 3.8) is 0 Å². The van der Waals surface area contributed by atoms with Crippen LogP contribution in [0.15, 0.2) is 52.0 Å². The van der Waals surface area contributed by atoms with E-state index in [2.05, 4.69) is 26.5 Å². The Balaban J connectivity index is 2.06. The van der Waals surface area contributed by atoms with E-state index in [0.29, 0.717) is 11.3 Å². The lowest BCUT2D eigenvalue weighted by Crippen LogP contribution is -2.18. The van der Waals surface area contributed by atoms with Crippen LogP contribution < -0.4 is 10.2 Å². The van der Waals surface area contributed by atoms with Crippen LogP contribution in [0.25, 0.3) is 0 Å². The Morgan fingerprint density at radius 1 is 1.29 bits per heavy atom. The number of aryl methyl sites for hydroxylation is 1. The van der Waals surface area contributed by atoms with Gasteiger partial charge in [0, 0.05) is 4.47 Å². The molecule has 0 fully saturated rings. The number of hydrogen-bond acceptors (Lipinski definition) is 3. The van der Waals surface area contributed by atoms with Crippen LogP contribution in [-0.2, 0) is 0 Å². The van der Waals surface area contributed by atoms with Crippen molar-refractivity contribution in [2.75, 3.05) is 7.11 Å². The fraction of sp³-hybridized carbons (Fsp3) is 0.125. The molecule has 4 nitrogen and oxygen atoms in total. The average molecular weight is 347 g/mol. The molecule has 5 heteroatoms. The summed E-state index contributed by atoms with van der Waals surface area (Å²) in [5, 5.41) is 3.96. The monoisotopic (exact) mass is 346 g/mol. The molecule has 2 aromatic rings. The quantitative estimate of drug-likeness (QED) is 0.680. The van der Waals surface area contributed by atoms with Crippen molar-refractivity contribution >= 4 is 28.1 Å². The largest absolute Gasteiger partial charge is 0.496 e. The minimum absolute atomic E-state index is 0.310. The number of nitrogens with zero attached hydrogens (tertiary/aromatic N) is 1. The molecule has 0 bridgehead atoms. The van der Waals surface area contributed by atoms with Crippen LogP contribution >= 0.6 is 15.9 Å². The maximum atomic E-state index is 12.0. The summed E-state index contributed by atoms with van der Waals surface area (Å²) in [5.74, 6) is 0.207. The lowest BCUT2D eigenvalue weighted by atomic mass is 10.2. The highest BCUT2D eigenvalue weighted by atomic mass is 79.9. The summed E-state index contributed by atoms with van der Waals surface area (Å²) < 4.78 is 6.14. The van der Waals surface area contributed by atoms with E-state index in [-0.39, 0.29) is 5.91 Å². The molecule has 1 amide bonds.